The first-order chi connectivity index (χ1) is 11.6. The minimum atomic E-state index is -4.44. The van der Waals surface area contributed by atoms with Gasteiger partial charge in [-0.15, -0.1) is 0 Å². The number of hydrogen-bond donors (Lipinski definition) is 2. The fraction of sp³-hybridized carbons (Fsp3) is 0.571. The lowest BCUT2D eigenvalue weighted by atomic mass is 10.2. The maximum atomic E-state index is 12.0. The van der Waals surface area contributed by atoms with Crippen molar-refractivity contribution in [1.29, 1.82) is 0 Å². The monoisotopic (exact) mass is 383 g/mol. The Kier molecular flexibility index (Phi) is 8.10. The van der Waals surface area contributed by atoms with Gasteiger partial charge in [0, 0.05) is 19.0 Å². The Hall–Kier alpha value is -1.88. The average molecular weight is 383 g/mol. The molecule has 1 rings (SSSR count). The Morgan fingerprint density at radius 1 is 1.28 bits per heavy atom. The summed E-state index contributed by atoms with van der Waals surface area (Å²) in [4.78, 5) is 15.4. The Morgan fingerprint density at radius 3 is 2.56 bits per heavy atom. The van der Waals surface area contributed by atoms with Crippen LogP contribution in [-0.4, -0.2) is 44.4 Å². The molecule has 0 radical (unpaired) electrons. The number of rotatable bonds is 10. The molecule has 1 aromatic rings. The third-order valence-corrected chi connectivity index (χ3v) is 4.34. The van der Waals surface area contributed by atoms with E-state index in [1.165, 1.54) is 25.3 Å². The third kappa shape index (κ3) is 9.87. The van der Waals surface area contributed by atoms with Gasteiger partial charge in [-0.25, -0.2) is 18.1 Å². The zero-order chi connectivity index (χ0) is 18.9. The van der Waals surface area contributed by atoms with Crippen LogP contribution in [0.5, 0.6) is 5.88 Å². The van der Waals surface area contributed by atoms with E-state index in [4.69, 9.17) is 0 Å². The highest BCUT2D eigenvalue weighted by molar-refractivity contribution is 7.89. The van der Waals surface area contributed by atoms with Gasteiger partial charge < -0.3 is 10.1 Å². The van der Waals surface area contributed by atoms with E-state index in [1.807, 2.05) is 0 Å². The maximum Gasteiger partial charge on any atom is 0.422 e. The standard InChI is InChI=1S/C14H20F3N3O4S/c1-2-25(22,23)19-8-4-3-5-12(21)20-11-6-7-13(18-9-11)24-10-14(15,16)17/h6-7,9,19H,2-5,8,10H2,1H3,(H,20,21). The van der Waals surface area contributed by atoms with Crippen molar-refractivity contribution in [1.82, 2.24) is 9.71 Å². The molecule has 0 saturated carbocycles. The maximum absolute atomic E-state index is 12.0. The average Bonchev–Trinajstić information content (AvgIpc) is 2.53. The minimum Gasteiger partial charge on any atom is -0.468 e. The zero-order valence-corrected chi connectivity index (χ0v) is 14.4. The smallest absolute Gasteiger partial charge is 0.422 e. The number of amides is 1. The summed E-state index contributed by atoms with van der Waals surface area (Å²) in [5.74, 6) is -0.494. The van der Waals surface area contributed by atoms with Crippen molar-refractivity contribution in [3.63, 3.8) is 0 Å². The van der Waals surface area contributed by atoms with Gasteiger partial charge >= 0.3 is 6.18 Å². The van der Waals surface area contributed by atoms with Crippen LogP contribution in [0, 0.1) is 0 Å². The number of hydrogen-bond acceptors (Lipinski definition) is 5. The number of ether oxygens (including phenoxy) is 1. The summed E-state index contributed by atoms with van der Waals surface area (Å²) in [7, 11) is -3.23. The zero-order valence-electron chi connectivity index (χ0n) is 13.6. The number of nitrogens with zero attached hydrogens (tertiary/aromatic N) is 1. The van der Waals surface area contributed by atoms with Crippen molar-refractivity contribution in [3.05, 3.63) is 18.3 Å². The predicted octanol–water partition coefficient (Wildman–Crippen LogP) is 2.07. The molecule has 0 aliphatic heterocycles. The molecule has 0 aliphatic rings. The second-order valence-electron chi connectivity index (χ2n) is 5.09. The molecular formula is C14H20F3N3O4S. The molecule has 11 heteroatoms. The summed E-state index contributed by atoms with van der Waals surface area (Å²) in [6.07, 6.45) is -2.08. The second kappa shape index (κ2) is 9.56. The number of aromatic nitrogens is 1. The molecule has 7 nitrogen and oxygen atoms in total. The quantitative estimate of drug-likeness (QED) is 0.603. The predicted molar refractivity (Wildman–Crippen MR) is 85.7 cm³/mol. The van der Waals surface area contributed by atoms with Crippen molar-refractivity contribution in [3.8, 4) is 5.88 Å². The van der Waals surface area contributed by atoms with Gasteiger partial charge in [0.2, 0.25) is 21.8 Å². The van der Waals surface area contributed by atoms with E-state index in [9.17, 15) is 26.4 Å². The summed E-state index contributed by atoms with van der Waals surface area (Å²) in [6.45, 7) is 0.354. The molecule has 0 spiro atoms. The SMILES string of the molecule is CCS(=O)(=O)NCCCCC(=O)Nc1ccc(OCC(F)(F)F)nc1. The lowest BCUT2D eigenvalue weighted by Gasteiger charge is -2.09. The van der Waals surface area contributed by atoms with Crippen molar-refractivity contribution < 1.29 is 31.1 Å². The molecule has 0 unspecified atom stereocenters. The van der Waals surface area contributed by atoms with Crippen molar-refractivity contribution >= 4 is 21.6 Å². The summed E-state index contributed by atoms with van der Waals surface area (Å²) >= 11 is 0. The van der Waals surface area contributed by atoms with Crippen LogP contribution < -0.4 is 14.8 Å². The number of unbranched alkanes of at least 4 members (excludes halogenated alkanes) is 1. The lowest BCUT2D eigenvalue weighted by Crippen LogP contribution is -2.26. The van der Waals surface area contributed by atoms with Crippen LogP contribution in [0.1, 0.15) is 26.2 Å². The van der Waals surface area contributed by atoms with Gasteiger partial charge in [0.05, 0.1) is 17.6 Å². The van der Waals surface area contributed by atoms with Gasteiger partial charge in [0.1, 0.15) is 0 Å². The van der Waals surface area contributed by atoms with Crippen molar-refractivity contribution in [2.75, 3.05) is 24.2 Å². The molecule has 0 aliphatic carbocycles. The first-order valence-electron chi connectivity index (χ1n) is 7.54. The van der Waals surface area contributed by atoms with E-state index in [1.54, 1.807) is 0 Å². The fourth-order valence-corrected chi connectivity index (χ4v) is 2.32. The topological polar surface area (TPSA) is 97.4 Å². The van der Waals surface area contributed by atoms with E-state index in [0.717, 1.165) is 0 Å². The highest BCUT2D eigenvalue weighted by Crippen LogP contribution is 2.18. The van der Waals surface area contributed by atoms with Gasteiger partial charge in [-0.1, -0.05) is 0 Å². The summed E-state index contributed by atoms with van der Waals surface area (Å²) in [5.41, 5.74) is 0.330. The molecule has 2 N–H and O–H groups in total. The molecule has 0 aromatic carbocycles. The number of sulfonamides is 1. The van der Waals surface area contributed by atoms with E-state index in [0.29, 0.717) is 18.5 Å². The minimum absolute atomic E-state index is 0.00314. The first kappa shape index (κ1) is 21.2. The number of carbonyl (C=O) groups is 1. The molecule has 1 amide bonds. The largest absolute Gasteiger partial charge is 0.468 e. The van der Waals surface area contributed by atoms with E-state index < -0.39 is 22.8 Å². The summed E-state index contributed by atoms with van der Waals surface area (Å²) in [5, 5.41) is 2.54. The van der Waals surface area contributed by atoms with Crippen LogP contribution in [0.3, 0.4) is 0 Å². The Balaban J connectivity index is 2.28. The number of alkyl halides is 3. The molecule has 0 atom stereocenters. The van der Waals surface area contributed by atoms with Crippen LogP contribution in [0.15, 0.2) is 18.3 Å². The third-order valence-electron chi connectivity index (χ3n) is 2.94. The number of nitrogens with one attached hydrogen (secondary N) is 2. The first-order valence-corrected chi connectivity index (χ1v) is 9.19. The number of anilines is 1. The summed E-state index contributed by atoms with van der Waals surface area (Å²) in [6, 6.07) is 2.60. The van der Waals surface area contributed by atoms with Crippen LogP contribution >= 0.6 is 0 Å². The summed E-state index contributed by atoms with van der Waals surface area (Å²) < 4.78 is 65.3. The molecule has 0 bridgehead atoms. The van der Waals surface area contributed by atoms with E-state index in [2.05, 4.69) is 19.8 Å². The van der Waals surface area contributed by atoms with Crippen molar-refractivity contribution in [2.24, 2.45) is 0 Å². The van der Waals surface area contributed by atoms with E-state index >= 15 is 0 Å². The second-order valence-corrected chi connectivity index (χ2v) is 7.19. The highest BCUT2D eigenvalue weighted by atomic mass is 32.2. The normalized spacial score (nSPS) is 12.0. The van der Waals surface area contributed by atoms with Crippen LogP contribution in [0.2, 0.25) is 0 Å². The lowest BCUT2D eigenvalue weighted by molar-refractivity contribution is -0.154. The molecular weight excluding hydrogens is 363 g/mol. The molecule has 0 saturated heterocycles. The number of pyridine rings is 1. The van der Waals surface area contributed by atoms with Crippen molar-refractivity contribution in [2.45, 2.75) is 32.4 Å². The van der Waals surface area contributed by atoms with Gasteiger partial charge in [-0.2, -0.15) is 13.2 Å². The van der Waals surface area contributed by atoms with Gasteiger partial charge in [-0.3, -0.25) is 4.79 Å². The van der Waals surface area contributed by atoms with Crippen LogP contribution in [0.25, 0.3) is 0 Å². The molecule has 1 heterocycles. The van der Waals surface area contributed by atoms with Crippen LogP contribution in [-0.2, 0) is 14.8 Å². The van der Waals surface area contributed by atoms with Gasteiger partial charge in [0.15, 0.2) is 6.61 Å². The van der Waals surface area contributed by atoms with Crippen LogP contribution in [0.4, 0.5) is 18.9 Å². The fourth-order valence-electron chi connectivity index (χ4n) is 1.66. The molecule has 1 aromatic heterocycles. The Morgan fingerprint density at radius 2 is 2.00 bits per heavy atom. The molecule has 25 heavy (non-hydrogen) atoms. The van der Waals surface area contributed by atoms with Gasteiger partial charge in [-0.05, 0) is 25.8 Å². The number of carbonyl (C=O) groups excluding carboxylic acids is 1. The highest BCUT2D eigenvalue weighted by Gasteiger charge is 2.28. The Labute approximate surface area is 144 Å². The van der Waals surface area contributed by atoms with E-state index in [-0.39, 0.29) is 30.5 Å². The molecule has 142 valence electrons. The van der Waals surface area contributed by atoms with Gasteiger partial charge in [0.25, 0.3) is 0 Å². The molecule has 0 fully saturated rings. The Bertz CT molecular complexity index is 648. The number of halogens is 3.